The molecule has 1 atom stereocenters. The number of para-hydroxylation sites is 1. The van der Waals surface area contributed by atoms with Crippen molar-refractivity contribution in [2.75, 3.05) is 15.9 Å². The summed E-state index contributed by atoms with van der Waals surface area (Å²) >= 11 is 6.01. The molecule has 0 aromatic heterocycles. The number of rotatable bonds is 7. The minimum Gasteiger partial charge on any atom is -0.457 e. The average molecular weight is 459 g/mol. The zero-order valence-corrected chi connectivity index (χ0v) is 18.9. The van der Waals surface area contributed by atoms with Crippen LogP contribution in [0.3, 0.4) is 0 Å². The second-order valence-electron chi connectivity index (χ2n) is 7.09. The number of carbonyl (C=O) groups is 1. The highest BCUT2D eigenvalue weighted by atomic mass is 35.5. The summed E-state index contributed by atoms with van der Waals surface area (Å²) in [4.78, 5) is 12.9. The van der Waals surface area contributed by atoms with Crippen LogP contribution in [-0.4, -0.2) is 26.6 Å². The number of nitrogens with zero attached hydrogens (tertiary/aromatic N) is 1. The van der Waals surface area contributed by atoms with E-state index in [0.717, 1.165) is 16.1 Å². The molecule has 0 saturated carbocycles. The van der Waals surface area contributed by atoms with Crippen molar-refractivity contribution >= 4 is 38.9 Å². The highest BCUT2D eigenvalue weighted by molar-refractivity contribution is 7.92. The fraction of sp³-hybridized carbons (Fsp3) is 0.174. The third kappa shape index (κ3) is 5.77. The molecule has 0 aliphatic carbocycles. The van der Waals surface area contributed by atoms with E-state index in [1.807, 2.05) is 37.3 Å². The summed E-state index contributed by atoms with van der Waals surface area (Å²) in [6.45, 7) is 3.36. The van der Waals surface area contributed by atoms with Gasteiger partial charge in [0.1, 0.15) is 17.5 Å². The van der Waals surface area contributed by atoms with Gasteiger partial charge in [-0.25, -0.2) is 8.42 Å². The van der Waals surface area contributed by atoms with E-state index in [9.17, 15) is 13.2 Å². The summed E-state index contributed by atoms with van der Waals surface area (Å²) in [6, 6.07) is 19.9. The molecule has 0 aliphatic heterocycles. The van der Waals surface area contributed by atoms with E-state index in [0.29, 0.717) is 27.9 Å². The van der Waals surface area contributed by atoms with E-state index in [-0.39, 0.29) is 0 Å². The van der Waals surface area contributed by atoms with Gasteiger partial charge in [-0.1, -0.05) is 35.9 Å². The maximum Gasteiger partial charge on any atom is 0.248 e. The molecular formula is C23H23ClN2O4S. The van der Waals surface area contributed by atoms with Crippen LogP contribution in [0.4, 0.5) is 11.4 Å². The van der Waals surface area contributed by atoms with E-state index in [4.69, 9.17) is 16.3 Å². The second kappa shape index (κ2) is 9.41. The summed E-state index contributed by atoms with van der Waals surface area (Å²) < 4.78 is 31.9. The predicted octanol–water partition coefficient (Wildman–Crippen LogP) is 5.23. The lowest BCUT2D eigenvalue weighted by Gasteiger charge is -2.28. The van der Waals surface area contributed by atoms with Gasteiger partial charge in [-0.3, -0.25) is 9.10 Å². The van der Waals surface area contributed by atoms with Gasteiger partial charge in [-0.15, -0.1) is 0 Å². The topological polar surface area (TPSA) is 75.7 Å². The molecule has 0 radical (unpaired) electrons. The zero-order chi connectivity index (χ0) is 22.6. The van der Waals surface area contributed by atoms with Crippen LogP contribution in [0.25, 0.3) is 0 Å². The van der Waals surface area contributed by atoms with Crippen molar-refractivity contribution in [2.45, 2.75) is 19.9 Å². The molecule has 31 heavy (non-hydrogen) atoms. The van der Waals surface area contributed by atoms with Gasteiger partial charge in [0.15, 0.2) is 0 Å². The molecule has 0 spiro atoms. The Hall–Kier alpha value is -3.03. The van der Waals surface area contributed by atoms with Crippen molar-refractivity contribution in [3.8, 4) is 11.5 Å². The maximum absolute atomic E-state index is 12.9. The molecule has 8 heteroatoms. The van der Waals surface area contributed by atoms with Crippen LogP contribution < -0.4 is 14.4 Å². The van der Waals surface area contributed by atoms with Crippen LogP contribution >= 0.6 is 11.6 Å². The first kappa shape index (κ1) is 22.7. The van der Waals surface area contributed by atoms with Crippen LogP contribution in [0, 0.1) is 6.92 Å². The number of hydrogen-bond acceptors (Lipinski definition) is 4. The minimum atomic E-state index is -3.74. The quantitative estimate of drug-likeness (QED) is 0.525. The van der Waals surface area contributed by atoms with Crippen LogP contribution in [0.15, 0.2) is 72.8 Å². The number of carbonyl (C=O) groups excluding carboxylic acids is 1. The summed E-state index contributed by atoms with van der Waals surface area (Å²) in [5.74, 6) is 0.746. The fourth-order valence-electron chi connectivity index (χ4n) is 3.06. The van der Waals surface area contributed by atoms with Crippen molar-refractivity contribution in [3.63, 3.8) is 0 Å². The number of anilines is 2. The van der Waals surface area contributed by atoms with E-state index < -0.39 is 22.0 Å². The highest BCUT2D eigenvalue weighted by Crippen LogP contribution is 2.27. The Labute approximate surface area is 187 Å². The molecule has 1 amide bonds. The summed E-state index contributed by atoms with van der Waals surface area (Å²) in [7, 11) is -3.74. The van der Waals surface area contributed by atoms with Gasteiger partial charge in [0.2, 0.25) is 15.9 Å². The fourth-order valence-corrected chi connectivity index (χ4v) is 4.41. The Balaban J connectivity index is 1.82. The third-order valence-electron chi connectivity index (χ3n) is 4.62. The number of amides is 1. The second-order valence-corrected chi connectivity index (χ2v) is 9.39. The number of halogens is 1. The molecule has 1 unspecified atom stereocenters. The number of hydrogen-bond donors (Lipinski definition) is 1. The summed E-state index contributed by atoms with van der Waals surface area (Å²) in [6.07, 6.45) is 1.07. The van der Waals surface area contributed by atoms with Crippen molar-refractivity contribution in [2.24, 2.45) is 0 Å². The van der Waals surface area contributed by atoms with Gasteiger partial charge in [0, 0.05) is 10.7 Å². The zero-order valence-electron chi connectivity index (χ0n) is 17.4. The number of nitrogens with one attached hydrogen (secondary N) is 1. The Kier molecular flexibility index (Phi) is 6.87. The molecule has 0 fully saturated rings. The summed E-state index contributed by atoms with van der Waals surface area (Å²) in [5, 5.41) is 3.24. The van der Waals surface area contributed by atoms with Crippen LogP contribution in [0.5, 0.6) is 11.5 Å². The molecule has 0 aliphatic rings. The lowest BCUT2D eigenvalue weighted by atomic mass is 10.2. The van der Waals surface area contributed by atoms with Gasteiger partial charge in [-0.05, 0) is 67.9 Å². The van der Waals surface area contributed by atoms with Crippen molar-refractivity contribution in [1.82, 2.24) is 0 Å². The van der Waals surface area contributed by atoms with Crippen molar-refractivity contribution in [3.05, 3.63) is 83.4 Å². The number of aryl methyl sites for hydroxylation is 1. The van der Waals surface area contributed by atoms with Crippen molar-refractivity contribution < 1.29 is 17.9 Å². The summed E-state index contributed by atoms with van der Waals surface area (Å²) in [5.41, 5.74) is 1.70. The Morgan fingerprint density at radius 2 is 1.61 bits per heavy atom. The number of sulfonamides is 1. The molecular weight excluding hydrogens is 436 g/mol. The van der Waals surface area contributed by atoms with E-state index >= 15 is 0 Å². The molecule has 0 heterocycles. The Morgan fingerprint density at radius 3 is 2.23 bits per heavy atom. The highest BCUT2D eigenvalue weighted by Gasteiger charge is 2.29. The lowest BCUT2D eigenvalue weighted by molar-refractivity contribution is -0.116. The molecule has 0 saturated heterocycles. The first-order chi connectivity index (χ1) is 14.6. The van der Waals surface area contributed by atoms with Crippen molar-refractivity contribution in [1.29, 1.82) is 0 Å². The molecule has 3 rings (SSSR count). The molecule has 3 aromatic rings. The number of ether oxygens (including phenoxy) is 1. The lowest BCUT2D eigenvalue weighted by Crippen LogP contribution is -2.45. The van der Waals surface area contributed by atoms with Gasteiger partial charge in [-0.2, -0.15) is 0 Å². The molecule has 0 bridgehead atoms. The molecule has 3 aromatic carbocycles. The van der Waals surface area contributed by atoms with Gasteiger partial charge in [0.05, 0.1) is 11.9 Å². The van der Waals surface area contributed by atoms with E-state index in [2.05, 4.69) is 5.32 Å². The minimum absolute atomic E-state index is 0.355. The SMILES string of the molecule is Cc1ccc(Cl)cc1NC(=O)C(C)N(c1ccc(Oc2ccccc2)cc1)S(C)(=O)=O. The maximum atomic E-state index is 12.9. The van der Waals surface area contributed by atoms with E-state index in [1.54, 1.807) is 42.5 Å². The van der Waals surface area contributed by atoms with Crippen LogP contribution in [0.2, 0.25) is 5.02 Å². The molecule has 1 N–H and O–H groups in total. The first-order valence-electron chi connectivity index (χ1n) is 9.54. The van der Waals surface area contributed by atoms with Gasteiger partial charge in [0.25, 0.3) is 0 Å². The predicted molar refractivity (Wildman–Crippen MR) is 125 cm³/mol. The first-order valence-corrected chi connectivity index (χ1v) is 11.8. The number of benzene rings is 3. The van der Waals surface area contributed by atoms with Gasteiger partial charge < -0.3 is 10.1 Å². The average Bonchev–Trinajstić information content (AvgIpc) is 2.72. The van der Waals surface area contributed by atoms with Gasteiger partial charge >= 0.3 is 0 Å². The third-order valence-corrected chi connectivity index (χ3v) is 6.09. The smallest absolute Gasteiger partial charge is 0.248 e. The van der Waals surface area contributed by atoms with Crippen LogP contribution in [-0.2, 0) is 14.8 Å². The molecule has 162 valence electrons. The molecule has 6 nitrogen and oxygen atoms in total. The standard InChI is InChI=1S/C23H23ClN2O4S/c1-16-9-10-18(24)15-22(16)25-23(27)17(2)26(31(3,28)29)19-11-13-21(14-12-19)30-20-7-5-4-6-8-20/h4-15,17H,1-3H3,(H,25,27). The largest absolute Gasteiger partial charge is 0.457 e. The van der Waals surface area contributed by atoms with Crippen LogP contribution in [0.1, 0.15) is 12.5 Å². The Bertz CT molecular complexity index is 1170. The monoisotopic (exact) mass is 458 g/mol. The normalized spacial score (nSPS) is 12.1. The van der Waals surface area contributed by atoms with E-state index in [1.165, 1.54) is 6.92 Å². The Morgan fingerprint density at radius 1 is 1.00 bits per heavy atom.